The number of morpholine rings is 1. The van der Waals surface area contributed by atoms with Gasteiger partial charge >= 0.3 is 5.97 Å². The van der Waals surface area contributed by atoms with Crippen LogP contribution in [-0.4, -0.2) is 72.7 Å². The van der Waals surface area contributed by atoms with Crippen LogP contribution in [0.3, 0.4) is 0 Å². The lowest BCUT2D eigenvalue weighted by Crippen LogP contribution is -2.45. The van der Waals surface area contributed by atoms with Gasteiger partial charge in [-0.05, 0) is 70.2 Å². The monoisotopic (exact) mass is 473 g/mol. The Morgan fingerprint density at radius 1 is 1.26 bits per heavy atom. The summed E-state index contributed by atoms with van der Waals surface area (Å²) in [6.07, 6.45) is 4.37. The molecule has 2 atom stereocenters. The van der Waals surface area contributed by atoms with Gasteiger partial charge in [0.1, 0.15) is 17.1 Å². The molecule has 1 aliphatic carbocycles. The van der Waals surface area contributed by atoms with Gasteiger partial charge in [0.05, 0.1) is 31.8 Å². The number of phenolic OH excluding ortho intramolecular Hbond substituents is 1. The molecule has 2 N–H and O–H groups in total. The number of phenols is 1. The fourth-order valence-electron chi connectivity index (χ4n) is 5.53. The van der Waals surface area contributed by atoms with E-state index in [9.17, 15) is 15.0 Å². The summed E-state index contributed by atoms with van der Waals surface area (Å²) in [6.45, 7) is 12.4. The van der Waals surface area contributed by atoms with E-state index >= 15 is 0 Å². The maximum atomic E-state index is 13.0. The largest absolute Gasteiger partial charge is 0.508 e. The van der Waals surface area contributed by atoms with Crippen LogP contribution in [0.2, 0.25) is 0 Å². The first-order chi connectivity index (χ1) is 16.1. The Morgan fingerprint density at radius 2 is 2.00 bits per heavy atom. The maximum absolute atomic E-state index is 13.0. The molecule has 188 valence electrons. The third kappa shape index (κ3) is 4.97. The molecule has 0 aromatic heterocycles. The zero-order valence-corrected chi connectivity index (χ0v) is 20.9. The van der Waals surface area contributed by atoms with E-state index in [1.807, 2.05) is 19.9 Å². The zero-order chi connectivity index (χ0) is 24.5. The van der Waals surface area contributed by atoms with Gasteiger partial charge in [0.15, 0.2) is 0 Å². The van der Waals surface area contributed by atoms with Gasteiger partial charge in [-0.1, -0.05) is 6.08 Å². The molecule has 1 aromatic carbocycles. The predicted octanol–water partition coefficient (Wildman–Crippen LogP) is 3.52. The second-order valence-electron chi connectivity index (χ2n) is 10.9. The standard InChI is InChI=1S/C27H39NO6/c1-26(2,25(31)33-11-5-8-28-9-12-32-13-10-28)19-15-22(30)24-20-14-18(17-29)6-7-21(20)27(3,4)34-23(24)16-19/h6,15-16,20-21,29-30H,5,7-14,17H2,1-4H3/t20-,21-/m1/s1. The Labute approximate surface area is 202 Å². The lowest BCUT2D eigenvalue weighted by atomic mass is 9.66. The second kappa shape index (κ2) is 9.88. The molecule has 0 unspecified atom stereocenters. The van der Waals surface area contributed by atoms with Crippen LogP contribution in [0.4, 0.5) is 0 Å². The van der Waals surface area contributed by atoms with E-state index in [0.717, 1.165) is 56.8 Å². The first kappa shape index (κ1) is 25.0. The molecule has 4 rings (SSSR count). The number of hydrogen-bond acceptors (Lipinski definition) is 7. The smallest absolute Gasteiger partial charge is 0.315 e. The summed E-state index contributed by atoms with van der Waals surface area (Å²) in [7, 11) is 0. The lowest BCUT2D eigenvalue weighted by molar-refractivity contribution is -0.149. The van der Waals surface area contributed by atoms with Crippen LogP contribution in [0.1, 0.15) is 64.0 Å². The minimum Gasteiger partial charge on any atom is -0.508 e. The number of hydrogen-bond donors (Lipinski definition) is 2. The van der Waals surface area contributed by atoms with Crippen molar-refractivity contribution >= 4 is 5.97 Å². The Bertz CT molecular complexity index is 931. The lowest BCUT2D eigenvalue weighted by Gasteiger charge is -2.47. The Morgan fingerprint density at radius 3 is 2.71 bits per heavy atom. The van der Waals surface area contributed by atoms with Crippen LogP contribution in [0.25, 0.3) is 0 Å². The molecule has 0 spiro atoms. The molecule has 3 aliphatic rings. The number of carbonyl (C=O) groups excluding carboxylic acids is 1. The van der Waals surface area contributed by atoms with Gasteiger partial charge in [0.2, 0.25) is 0 Å². The molecule has 0 saturated carbocycles. The molecule has 0 radical (unpaired) electrons. The topological polar surface area (TPSA) is 88.5 Å². The molecule has 7 heteroatoms. The Balaban J connectivity index is 1.48. The first-order valence-electron chi connectivity index (χ1n) is 12.5. The molecule has 2 aliphatic heterocycles. The van der Waals surface area contributed by atoms with Crippen molar-refractivity contribution in [1.82, 2.24) is 4.90 Å². The molecular weight excluding hydrogens is 434 g/mol. The quantitative estimate of drug-likeness (QED) is 0.356. The third-order valence-electron chi connectivity index (χ3n) is 7.78. The summed E-state index contributed by atoms with van der Waals surface area (Å²) >= 11 is 0. The van der Waals surface area contributed by atoms with E-state index < -0.39 is 11.0 Å². The SMILES string of the molecule is CC(C)(C(=O)OCCCN1CCOCC1)c1cc(O)c2c(c1)OC(C)(C)[C@@H]1CC=C(CO)C[C@@H]21. The number of nitrogens with zero attached hydrogens (tertiary/aromatic N) is 1. The molecule has 1 fully saturated rings. The number of allylic oxidation sites excluding steroid dienone is 1. The number of fused-ring (bicyclic) bond motifs is 3. The third-order valence-corrected chi connectivity index (χ3v) is 7.78. The summed E-state index contributed by atoms with van der Waals surface area (Å²) in [5.74, 6) is 0.718. The van der Waals surface area contributed by atoms with Crippen LogP contribution in [0, 0.1) is 5.92 Å². The summed E-state index contributed by atoms with van der Waals surface area (Å²) < 4.78 is 17.4. The van der Waals surface area contributed by atoms with E-state index in [2.05, 4.69) is 24.8 Å². The van der Waals surface area contributed by atoms with Crippen molar-refractivity contribution in [2.45, 2.75) is 63.9 Å². The van der Waals surface area contributed by atoms with Crippen LogP contribution in [-0.2, 0) is 19.7 Å². The molecule has 2 heterocycles. The first-order valence-corrected chi connectivity index (χ1v) is 12.5. The van der Waals surface area contributed by atoms with Crippen molar-refractivity contribution in [2.75, 3.05) is 46.1 Å². The van der Waals surface area contributed by atoms with Gasteiger partial charge in [-0.25, -0.2) is 0 Å². The number of esters is 1. The highest BCUT2D eigenvalue weighted by atomic mass is 16.5. The average molecular weight is 474 g/mol. The second-order valence-corrected chi connectivity index (χ2v) is 10.9. The normalized spacial score (nSPS) is 24.4. The highest BCUT2D eigenvalue weighted by Crippen LogP contribution is 2.54. The highest BCUT2D eigenvalue weighted by molar-refractivity contribution is 5.82. The van der Waals surface area contributed by atoms with Crippen molar-refractivity contribution in [1.29, 1.82) is 0 Å². The van der Waals surface area contributed by atoms with Crippen molar-refractivity contribution in [3.05, 3.63) is 34.9 Å². The van der Waals surface area contributed by atoms with Gasteiger partial charge in [-0.3, -0.25) is 9.69 Å². The summed E-state index contributed by atoms with van der Waals surface area (Å²) in [5.41, 5.74) is 1.09. The number of rotatable bonds is 7. The summed E-state index contributed by atoms with van der Waals surface area (Å²) in [5, 5.41) is 20.8. The predicted molar refractivity (Wildman–Crippen MR) is 129 cm³/mol. The van der Waals surface area contributed by atoms with Crippen molar-refractivity contribution in [3.8, 4) is 11.5 Å². The van der Waals surface area contributed by atoms with E-state index in [1.54, 1.807) is 6.07 Å². The molecule has 0 amide bonds. The van der Waals surface area contributed by atoms with Gasteiger partial charge in [-0.15, -0.1) is 0 Å². The van der Waals surface area contributed by atoms with Gasteiger partial charge in [0, 0.05) is 37.0 Å². The van der Waals surface area contributed by atoms with Crippen LogP contribution < -0.4 is 4.74 Å². The molecule has 1 aromatic rings. The van der Waals surface area contributed by atoms with Crippen molar-refractivity contribution < 1.29 is 29.2 Å². The average Bonchev–Trinajstić information content (AvgIpc) is 2.81. The number of benzene rings is 1. The fourth-order valence-corrected chi connectivity index (χ4v) is 5.53. The molecular formula is C27H39NO6. The van der Waals surface area contributed by atoms with Gasteiger partial charge < -0.3 is 24.4 Å². The number of aliphatic hydroxyl groups excluding tert-OH is 1. The molecule has 0 bridgehead atoms. The molecule has 7 nitrogen and oxygen atoms in total. The van der Waals surface area contributed by atoms with Gasteiger partial charge in [-0.2, -0.15) is 0 Å². The van der Waals surface area contributed by atoms with Crippen LogP contribution >= 0.6 is 0 Å². The Kier molecular flexibility index (Phi) is 7.27. The Hall–Kier alpha value is -2.09. The summed E-state index contributed by atoms with van der Waals surface area (Å²) in [4.78, 5) is 15.3. The summed E-state index contributed by atoms with van der Waals surface area (Å²) in [6, 6.07) is 3.57. The van der Waals surface area contributed by atoms with E-state index in [0.29, 0.717) is 24.3 Å². The minimum absolute atomic E-state index is 0.0308. The van der Waals surface area contributed by atoms with Crippen LogP contribution in [0.15, 0.2) is 23.8 Å². The molecule has 1 saturated heterocycles. The minimum atomic E-state index is -0.932. The fraction of sp³-hybridized carbons (Fsp3) is 0.667. The highest BCUT2D eigenvalue weighted by Gasteiger charge is 2.46. The number of ether oxygens (including phenoxy) is 3. The number of aromatic hydroxyl groups is 1. The van der Waals surface area contributed by atoms with Crippen molar-refractivity contribution in [2.24, 2.45) is 5.92 Å². The van der Waals surface area contributed by atoms with Crippen molar-refractivity contribution in [3.63, 3.8) is 0 Å². The van der Waals surface area contributed by atoms with E-state index in [4.69, 9.17) is 14.2 Å². The van der Waals surface area contributed by atoms with E-state index in [1.165, 1.54) is 0 Å². The number of carbonyl (C=O) groups is 1. The molecule has 34 heavy (non-hydrogen) atoms. The van der Waals surface area contributed by atoms with Crippen LogP contribution in [0.5, 0.6) is 11.5 Å². The zero-order valence-electron chi connectivity index (χ0n) is 20.9. The maximum Gasteiger partial charge on any atom is 0.315 e. The number of aliphatic hydroxyl groups is 1. The van der Waals surface area contributed by atoms with Gasteiger partial charge in [0.25, 0.3) is 0 Å². The van der Waals surface area contributed by atoms with E-state index in [-0.39, 0.29) is 30.2 Å².